The highest BCUT2D eigenvalue weighted by atomic mass is 35.5. The molecule has 7 nitrogen and oxygen atoms in total. The Hall–Kier alpha value is -2.00. The van der Waals surface area contributed by atoms with Crippen LogP contribution in [0.4, 0.5) is 5.69 Å². The van der Waals surface area contributed by atoms with Crippen molar-refractivity contribution in [3.63, 3.8) is 0 Å². The molecule has 0 aliphatic rings. The molecule has 0 unspecified atom stereocenters. The molecule has 2 amide bonds. The van der Waals surface area contributed by atoms with E-state index in [0.717, 1.165) is 19.1 Å². The van der Waals surface area contributed by atoms with Gasteiger partial charge in [-0.2, -0.15) is 0 Å². The number of hydrogen-bond donors (Lipinski definition) is 1. The molecule has 0 aliphatic carbocycles. The molecule has 2 rings (SSSR count). The highest BCUT2D eigenvalue weighted by molar-refractivity contribution is 7.92. The number of sulfonamides is 1. The zero-order valence-corrected chi connectivity index (χ0v) is 25.4. The summed E-state index contributed by atoms with van der Waals surface area (Å²) in [5, 5.41) is 4.25. The van der Waals surface area contributed by atoms with Gasteiger partial charge in [0.15, 0.2) is 0 Å². The van der Waals surface area contributed by atoms with Gasteiger partial charge in [0.25, 0.3) is 0 Å². The normalized spacial score (nSPS) is 12.2. The lowest BCUT2D eigenvalue weighted by atomic mass is 10.1. The standard InChI is InChI=1S/C27H36Cl3N3O4S/c1-5-7-15-31-27(35)24(6-2)32(18-20-13-14-21(28)17-23(20)30)26(34)12-9-16-33(38(4,36)37)25-11-8-10-22(29)19(25)3/h8,10-11,13-14,17,24H,5-7,9,12,15-16,18H2,1-4H3,(H,31,35)/t24-/m0/s1. The molecule has 0 saturated heterocycles. The summed E-state index contributed by atoms with van der Waals surface area (Å²) in [7, 11) is -3.63. The van der Waals surface area contributed by atoms with Crippen molar-refractivity contribution in [2.45, 2.75) is 65.5 Å². The Labute approximate surface area is 241 Å². The summed E-state index contributed by atoms with van der Waals surface area (Å²) in [4.78, 5) is 28.1. The minimum absolute atomic E-state index is 0.0373. The van der Waals surface area contributed by atoms with Crippen LogP contribution in [-0.2, 0) is 26.2 Å². The van der Waals surface area contributed by atoms with E-state index in [4.69, 9.17) is 34.8 Å². The number of benzene rings is 2. The van der Waals surface area contributed by atoms with Gasteiger partial charge in [0.2, 0.25) is 21.8 Å². The monoisotopic (exact) mass is 603 g/mol. The Kier molecular flexibility index (Phi) is 12.7. The summed E-state index contributed by atoms with van der Waals surface area (Å²) in [6, 6.07) is 9.39. The van der Waals surface area contributed by atoms with Crippen LogP contribution < -0.4 is 9.62 Å². The van der Waals surface area contributed by atoms with Gasteiger partial charge in [-0.1, -0.05) is 67.2 Å². The maximum atomic E-state index is 13.5. The minimum Gasteiger partial charge on any atom is -0.354 e. The number of hydrogen-bond acceptors (Lipinski definition) is 4. The molecule has 1 atom stereocenters. The van der Waals surface area contributed by atoms with Gasteiger partial charge in [-0.25, -0.2) is 8.42 Å². The van der Waals surface area contributed by atoms with Gasteiger partial charge in [0.1, 0.15) is 6.04 Å². The van der Waals surface area contributed by atoms with Crippen molar-refractivity contribution in [1.29, 1.82) is 0 Å². The second kappa shape index (κ2) is 15.0. The zero-order chi connectivity index (χ0) is 28.5. The molecule has 0 heterocycles. The lowest BCUT2D eigenvalue weighted by Gasteiger charge is -2.31. The number of nitrogens with one attached hydrogen (secondary N) is 1. The highest BCUT2D eigenvalue weighted by Gasteiger charge is 2.29. The van der Waals surface area contributed by atoms with Crippen LogP contribution in [0.1, 0.15) is 57.1 Å². The van der Waals surface area contributed by atoms with Crippen molar-refractivity contribution in [3.05, 3.63) is 62.6 Å². The average Bonchev–Trinajstić information content (AvgIpc) is 2.84. The van der Waals surface area contributed by atoms with Crippen molar-refractivity contribution in [2.24, 2.45) is 0 Å². The van der Waals surface area contributed by atoms with Gasteiger partial charge in [0, 0.05) is 41.1 Å². The molecule has 0 spiro atoms. The van der Waals surface area contributed by atoms with E-state index < -0.39 is 16.1 Å². The number of unbranched alkanes of at least 4 members (excludes halogenated alkanes) is 1. The second-order valence-electron chi connectivity index (χ2n) is 9.15. The molecule has 0 aliphatic heterocycles. The van der Waals surface area contributed by atoms with Crippen LogP contribution >= 0.6 is 34.8 Å². The fourth-order valence-corrected chi connectivity index (χ4v) is 5.76. The van der Waals surface area contributed by atoms with E-state index in [1.165, 1.54) is 9.21 Å². The third-order valence-corrected chi connectivity index (χ3v) is 8.41. The van der Waals surface area contributed by atoms with Crippen LogP contribution in [0.15, 0.2) is 36.4 Å². The summed E-state index contributed by atoms with van der Waals surface area (Å²) in [5.74, 6) is -0.503. The molecule has 0 aromatic heterocycles. The quantitative estimate of drug-likeness (QED) is 0.259. The lowest BCUT2D eigenvalue weighted by Crippen LogP contribution is -2.49. The van der Waals surface area contributed by atoms with Gasteiger partial charge in [-0.15, -0.1) is 0 Å². The maximum Gasteiger partial charge on any atom is 0.242 e. The molecule has 0 fully saturated rings. The molecular weight excluding hydrogens is 569 g/mol. The summed E-state index contributed by atoms with van der Waals surface area (Å²) >= 11 is 18.7. The zero-order valence-electron chi connectivity index (χ0n) is 22.3. The smallest absolute Gasteiger partial charge is 0.242 e. The van der Waals surface area contributed by atoms with Crippen LogP contribution in [0, 0.1) is 6.92 Å². The fraction of sp³-hybridized carbons (Fsp3) is 0.481. The summed E-state index contributed by atoms with van der Waals surface area (Å²) in [6.45, 7) is 6.37. The van der Waals surface area contributed by atoms with E-state index in [1.54, 1.807) is 43.3 Å². The first-order valence-electron chi connectivity index (χ1n) is 12.6. The van der Waals surface area contributed by atoms with Gasteiger partial charge < -0.3 is 10.2 Å². The van der Waals surface area contributed by atoms with E-state index in [2.05, 4.69) is 5.32 Å². The van der Waals surface area contributed by atoms with Crippen LogP contribution in [0.2, 0.25) is 15.1 Å². The SMILES string of the molecule is CCCCNC(=O)[C@H](CC)N(Cc1ccc(Cl)cc1Cl)C(=O)CCCN(c1cccc(Cl)c1C)S(C)(=O)=O. The van der Waals surface area contributed by atoms with Gasteiger partial charge in [-0.05, 0) is 61.6 Å². The number of nitrogens with zero attached hydrogens (tertiary/aromatic N) is 2. The van der Waals surface area contributed by atoms with Crippen molar-refractivity contribution < 1.29 is 18.0 Å². The molecule has 0 bridgehead atoms. The van der Waals surface area contributed by atoms with Gasteiger partial charge in [0.05, 0.1) is 11.9 Å². The third-order valence-electron chi connectivity index (χ3n) is 6.23. The summed E-state index contributed by atoms with van der Waals surface area (Å²) in [6.07, 6.45) is 3.59. The Morgan fingerprint density at radius 3 is 2.34 bits per heavy atom. The maximum absolute atomic E-state index is 13.5. The first-order valence-corrected chi connectivity index (χ1v) is 15.6. The Bertz CT molecular complexity index is 1220. The third kappa shape index (κ3) is 9.04. The van der Waals surface area contributed by atoms with E-state index >= 15 is 0 Å². The predicted molar refractivity (Wildman–Crippen MR) is 157 cm³/mol. The molecular formula is C27H36Cl3N3O4S. The molecule has 1 N–H and O–H groups in total. The number of rotatable bonds is 14. The molecule has 2 aromatic rings. The molecule has 0 radical (unpaired) electrons. The van der Waals surface area contributed by atoms with Crippen LogP contribution in [0.5, 0.6) is 0 Å². The first kappa shape index (κ1) is 32.2. The Morgan fingerprint density at radius 1 is 1.03 bits per heavy atom. The van der Waals surface area contributed by atoms with E-state index in [-0.39, 0.29) is 37.7 Å². The Morgan fingerprint density at radius 2 is 1.74 bits per heavy atom. The highest BCUT2D eigenvalue weighted by Crippen LogP contribution is 2.29. The van der Waals surface area contributed by atoms with Crippen molar-refractivity contribution in [2.75, 3.05) is 23.7 Å². The van der Waals surface area contributed by atoms with Crippen LogP contribution in [0.3, 0.4) is 0 Å². The molecule has 0 saturated carbocycles. The first-order chi connectivity index (χ1) is 17.9. The largest absolute Gasteiger partial charge is 0.354 e. The van der Waals surface area contributed by atoms with E-state index in [1.807, 2.05) is 13.8 Å². The fourth-order valence-electron chi connectivity index (χ4n) is 4.11. The van der Waals surface area contributed by atoms with Gasteiger partial charge in [-0.3, -0.25) is 13.9 Å². The number of halogens is 3. The molecule has 38 heavy (non-hydrogen) atoms. The lowest BCUT2D eigenvalue weighted by molar-refractivity contribution is -0.141. The number of carbonyl (C=O) groups excluding carboxylic acids is 2. The van der Waals surface area contributed by atoms with Gasteiger partial charge >= 0.3 is 0 Å². The number of carbonyl (C=O) groups is 2. The Balaban J connectivity index is 2.27. The van der Waals surface area contributed by atoms with E-state index in [0.29, 0.717) is 44.8 Å². The minimum atomic E-state index is -3.63. The molecule has 11 heteroatoms. The summed E-state index contributed by atoms with van der Waals surface area (Å²) < 4.78 is 26.4. The van der Waals surface area contributed by atoms with Crippen molar-refractivity contribution >= 4 is 62.3 Å². The topological polar surface area (TPSA) is 86.8 Å². The second-order valence-corrected chi connectivity index (χ2v) is 12.3. The number of amides is 2. The van der Waals surface area contributed by atoms with Crippen molar-refractivity contribution in [1.82, 2.24) is 10.2 Å². The van der Waals surface area contributed by atoms with Crippen molar-refractivity contribution in [3.8, 4) is 0 Å². The molecule has 210 valence electrons. The summed E-state index contributed by atoms with van der Waals surface area (Å²) in [5.41, 5.74) is 1.77. The average molecular weight is 605 g/mol. The van der Waals surface area contributed by atoms with Crippen LogP contribution in [-0.4, -0.2) is 50.5 Å². The number of anilines is 1. The van der Waals surface area contributed by atoms with Crippen LogP contribution in [0.25, 0.3) is 0 Å². The van der Waals surface area contributed by atoms with E-state index in [9.17, 15) is 18.0 Å². The predicted octanol–water partition coefficient (Wildman–Crippen LogP) is 6.23. The molecule has 2 aromatic carbocycles.